The van der Waals surface area contributed by atoms with Crippen molar-refractivity contribution in [3.05, 3.63) is 0 Å². The van der Waals surface area contributed by atoms with Crippen LogP contribution in [0.1, 0.15) is 13.8 Å². The van der Waals surface area contributed by atoms with E-state index in [2.05, 4.69) is 14.9 Å². The number of rotatable bonds is 1. The number of hydrogen-bond donors (Lipinski definition) is 0. The standard InChI is InChI=1S/C5H10N2O/c1-4-6-7-5(2)8-3/h4H,1-3H3/b6-4+,7-5-. The minimum absolute atomic E-state index is 0.572. The van der Waals surface area contributed by atoms with Gasteiger partial charge in [-0.3, -0.25) is 0 Å². The van der Waals surface area contributed by atoms with E-state index in [1.54, 1.807) is 27.2 Å². The molecular formula is C5H10N2O. The largest absolute Gasteiger partial charge is 0.483 e. The maximum absolute atomic E-state index is 4.69. The molecule has 0 aromatic heterocycles. The molecule has 0 bridgehead atoms. The molecule has 0 aliphatic rings. The third-order valence-corrected chi connectivity index (χ3v) is 0.609. The molecule has 0 aromatic rings. The molecule has 0 radical (unpaired) electrons. The summed E-state index contributed by atoms with van der Waals surface area (Å²) in [6.45, 7) is 3.54. The molecule has 0 heterocycles. The van der Waals surface area contributed by atoms with Gasteiger partial charge >= 0.3 is 0 Å². The van der Waals surface area contributed by atoms with Crippen LogP contribution in [0.25, 0.3) is 0 Å². The number of ether oxygens (including phenoxy) is 1. The molecule has 8 heavy (non-hydrogen) atoms. The lowest BCUT2D eigenvalue weighted by Crippen LogP contribution is -1.90. The second kappa shape index (κ2) is 4.30. The Morgan fingerprint density at radius 3 is 2.62 bits per heavy atom. The molecule has 0 unspecified atom stereocenters. The molecule has 0 N–H and O–H groups in total. The van der Waals surface area contributed by atoms with Gasteiger partial charge in [-0.1, -0.05) is 0 Å². The van der Waals surface area contributed by atoms with Gasteiger partial charge in [0, 0.05) is 13.1 Å². The quantitative estimate of drug-likeness (QED) is 0.285. The van der Waals surface area contributed by atoms with E-state index in [0.29, 0.717) is 5.90 Å². The Hall–Kier alpha value is -0.860. The molecule has 0 aliphatic carbocycles. The molecule has 0 saturated heterocycles. The summed E-state index contributed by atoms with van der Waals surface area (Å²) in [5, 5.41) is 7.21. The van der Waals surface area contributed by atoms with Gasteiger partial charge in [0.2, 0.25) is 5.90 Å². The Bertz CT molecular complexity index is 107. The van der Waals surface area contributed by atoms with E-state index < -0.39 is 0 Å². The van der Waals surface area contributed by atoms with Crippen LogP contribution in [-0.2, 0) is 4.74 Å². The van der Waals surface area contributed by atoms with Gasteiger partial charge in [0.05, 0.1) is 7.11 Å². The highest BCUT2D eigenvalue weighted by molar-refractivity contribution is 5.73. The molecule has 0 aliphatic heterocycles. The molecule has 0 saturated carbocycles. The Morgan fingerprint density at radius 2 is 2.25 bits per heavy atom. The lowest BCUT2D eigenvalue weighted by molar-refractivity contribution is 0.398. The van der Waals surface area contributed by atoms with E-state index >= 15 is 0 Å². The lowest BCUT2D eigenvalue weighted by atomic mass is 10.8. The first-order chi connectivity index (χ1) is 3.81. The van der Waals surface area contributed by atoms with Crippen molar-refractivity contribution in [2.45, 2.75) is 13.8 Å². The van der Waals surface area contributed by atoms with Crippen LogP contribution in [0.3, 0.4) is 0 Å². The van der Waals surface area contributed by atoms with Crippen molar-refractivity contribution in [2.75, 3.05) is 7.11 Å². The van der Waals surface area contributed by atoms with Gasteiger partial charge in [-0.25, -0.2) is 0 Å². The van der Waals surface area contributed by atoms with Crippen molar-refractivity contribution in [1.29, 1.82) is 0 Å². The van der Waals surface area contributed by atoms with Gasteiger partial charge in [0.15, 0.2) is 0 Å². The highest BCUT2D eigenvalue weighted by Crippen LogP contribution is 1.76. The highest BCUT2D eigenvalue weighted by Gasteiger charge is 1.78. The van der Waals surface area contributed by atoms with Crippen LogP contribution in [0.2, 0.25) is 0 Å². The Morgan fingerprint density at radius 1 is 1.62 bits per heavy atom. The first kappa shape index (κ1) is 7.14. The molecule has 0 aromatic carbocycles. The number of hydrogen-bond acceptors (Lipinski definition) is 3. The fourth-order valence-electron chi connectivity index (χ4n) is 0.180. The predicted molar refractivity (Wildman–Crippen MR) is 34.3 cm³/mol. The molecular weight excluding hydrogens is 104 g/mol. The normalized spacial score (nSPS) is 12.6. The topological polar surface area (TPSA) is 34.0 Å². The van der Waals surface area contributed by atoms with E-state index in [1.807, 2.05) is 0 Å². The summed E-state index contributed by atoms with van der Waals surface area (Å²) in [6, 6.07) is 0. The van der Waals surface area contributed by atoms with E-state index in [4.69, 9.17) is 0 Å². The third-order valence-electron chi connectivity index (χ3n) is 0.609. The summed E-state index contributed by atoms with van der Waals surface area (Å²) in [5.74, 6) is 0.572. The summed E-state index contributed by atoms with van der Waals surface area (Å²) in [6.07, 6.45) is 1.60. The SMILES string of the molecule is C/C=N/N=C(/C)OC. The van der Waals surface area contributed by atoms with Crippen molar-refractivity contribution in [3.63, 3.8) is 0 Å². The van der Waals surface area contributed by atoms with E-state index in [9.17, 15) is 0 Å². The first-order valence-electron chi connectivity index (χ1n) is 2.37. The maximum Gasteiger partial charge on any atom is 0.205 e. The molecule has 0 rings (SSSR count). The Kier molecular flexibility index (Phi) is 3.84. The fourth-order valence-corrected chi connectivity index (χ4v) is 0.180. The van der Waals surface area contributed by atoms with Crippen molar-refractivity contribution in [3.8, 4) is 0 Å². The average molecular weight is 114 g/mol. The van der Waals surface area contributed by atoms with E-state index in [-0.39, 0.29) is 0 Å². The molecule has 3 heteroatoms. The van der Waals surface area contributed by atoms with E-state index in [0.717, 1.165) is 0 Å². The van der Waals surface area contributed by atoms with Crippen LogP contribution < -0.4 is 0 Å². The lowest BCUT2D eigenvalue weighted by Gasteiger charge is -1.90. The monoisotopic (exact) mass is 114 g/mol. The average Bonchev–Trinajstić information content (AvgIpc) is 1.83. The van der Waals surface area contributed by atoms with Gasteiger partial charge in [0.25, 0.3) is 0 Å². The van der Waals surface area contributed by atoms with Crippen LogP contribution in [0.15, 0.2) is 10.2 Å². The van der Waals surface area contributed by atoms with Crippen LogP contribution in [0, 0.1) is 0 Å². The molecule has 0 atom stereocenters. The van der Waals surface area contributed by atoms with Crippen LogP contribution in [0.4, 0.5) is 0 Å². The third kappa shape index (κ3) is 3.33. The van der Waals surface area contributed by atoms with Crippen molar-refractivity contribution in [2.24, 2.45) is 10.2 Å². The highest BCUT2D eigenvalue weighted by atomic mass is 16.5. The zero-order valence-electron chi connectivity index (χ0n) is 5.38. The zero-order chi connectivity index (χ0) is 6.41. The van der Waals surface area contributed by atoms with Gasteiger partial charge in [-0.2, -0.15) is 5.10 Å². The van der Waals surface area contributed by atoms with Gasteiger partial charge in [0.1, 0.15) is 0 Å². The van der Waals surface area contributed by atoms with Crippen molar-refractivity contribution >= 4 is 12.1 Å². The summed E-state index contributed by atoms with van der Waals surface area (Å²) < 4.78 is 4.69. The van der Waals surface area contributed by atoms with Crippen molar-refractivity contribution in [1.82, 2.24) is 0 Å². The summed E-state index contributed by atoms with van der Waals surface area (Å²) in [4.78, 5) is 0. The molecule has 0 fully saturated rings. The Labute approximate surface area is 49.1 Å². The minimum atomic E-state index is 0.572. The molecule has 0 spiro atoms. The fraction of sp³-hybridized carbons (Fsp3) is 0.600. The van der Waals surface area contributed by atoms with Crippen LogP contribution in [0.5, 0.6) is 0 Å². The zero-order valence-corrected chi connectivity index (χ0v) is 5.38. The summed E-state index contributed by atoms with van der Waals surface area (Å²) in [5.41, 5.74) is 0. The number of nitrogens with zero attached hydrogens (tertiary/aromatic N) is 2. The van der Waals surface area contributed by atoms with E-state index in [1.165, 1.54) is 0 Å². The number of methoxy groups -OCH3 is 1. The summed E-state index contributed by atoms with van der Waals surface area (Å²) >= 11 is 0. The molecule has 46 valence electrons. The first-order valence-corrected chi connectivity index (χ1v) is 2.37. The van der Waals surface area contributed by atoms with Crippen LogP contribution in [-0.4, -0.2) is 19.2 Å². The second-order valence-corrected chi connectivity index (χ2v) is 1.20. The second-order valence-electron chi connectivity index (χ2n) is 1.20. The predicted octanol–water partition coefficient (Wildman–Crippen LogP) is 1.06. The Balaban J connectivity index is 3.57. The molecule has 0 amide bonds. The van der Waals surface area contributed by atoms with Crippen molar-refractivity contribution < 1.29 is 4.74 Å². The van der Waals surface area contributed by atoms with Gasteiger partial charge in [-0.15, -0.1) is 5.10 Å². The summed E-state index contributed by atoms with van der Waals surface area (Å²) in [7, 11) is 1.56. The van der Waals surface area contributed by atoms with Gasteiger partial charge < -0.3 is 4.74 Å². The van der Waals surface area contributed by atoms with Crippen LogP contribution >= 0.6 is 0 Å². The maximum atomic E-state index is 4.69. The van der Waals surface area contributed by atoms with Gasteiger partial charge in [-0.05, 0) is 6.92 Å². The molecule has 3 nitrogen and oxygen atoms in total. The minimum Gasteiger partial charge on any atom is -0.483 e. The smallest absolute Gasteiger partial charge is 0.205 e.